The van der Waals surface area contributed by atoms with Crippen molar-refractivity contribution < 1.29 is 0 Å². The quantitative estimate of drug-likeness (QED) is 0.814. The Morgan fingerprint density at radius 3 is 3.07 bits per heavy atom. The smallest absolute Gasteiger partial charge is 0.166 e. The first-order chi connectivity index (χ1) is 7.34. The summed E-state index contributed by atoms with van der Waals surface area (Å²) in [6.45, 7) is 0. The van der Waals surface area contributed by atoms with Crippen LogP contribution in [0.25, 0.3) is 10.2 Å². The number of nitrogens with two attached hydrogens (primary N) is 1. The Bertz CT molecular complexity index is 489. The second-order valence-electron chi connectivity index (χ2n) is 3.88. The van der Waals surface area contributed by atoms with Crippen molar-refractivity contribution in [2.75, 3.05) is 11.1 Å². The fourth-order valence-electron chi connectivity index (χ4n) is 1.70. The van der Waals surface area contributed by atoms with Gasteiger partial charge in [-0.25, -0.2) is 0 Å². The van der Waals surface area contributed by atoms with Gasteiger partial charge in [0, 0.05) is 12.2 Å². The monoisotopic (exact) mass is 220 g/mol. The van der Waals surface area contributed by atoms with E-state index in [4.69, 9.17) is 5.73 Å². The maximum atomic E-state index is 5.85. The minimum Gasteiger partial charge on any atom is -0.397 e. The molecule has 2 aromatic heterocycles. The molecule has 78 valence electrons. The lowest BCUT2D eigenvalue weighted by Crippen LogP contribution is -2.27. The fourth-order valence-corrected chi connectivity index (χ4v) is 2.43. The number of nitrogens with one attached hydrogen (secondary N) is 1. The van der Waals surface area contributed by atoms with Crippen molar-refractivity contribution in [3.8, 4) is 0 Å². The Balaban J connectivity index is 2.00. The average molecular weight is 220 g/mol. The average Bonchev–Trinajstić information content (AvgIpc) is 2.56. The van der Waals surface area contributed by atoms with E-state index >= 15 is 0 Å². The van der Waals surface area contributed by atoms with E-state index in [0.29, 0.717) is 6.04 Å². The highest BCUT2D eigenvalue weighted by atomic mass is 32.1. The van der Waals surface area contributed by atoms with Gasteiger partial charge in [-0.2, -0.15) is 4.37 Å². The molecular weight excluding hydrogens is 208 g/mol. The maximum Gasteiger partial charge on any atom is 0.166 e. The molecule has 0 radical (unpaired) electrons. The van der Waals surface area contributed by atoms with Gasteiger partial charge in [-0.15, -0.1) is 0 Å². The molecule has 1 saturated carbocycles. The Morgan fingerprint density at radius 1 is 1.47 bits per heavy atom. The summed E-state index contributed by atoms with van der Waals surface area (Å²) in [5.41, 5.74) is 7.52. The van der Waals surface area contributed by atoms with Crippen molar-refractivity contribution in [2.24, 2.45) is 0 Å². The molecule has 0 amide bonds. The van der Waals surface area contributed by atoms with Crippen molar-refractivity contribution in [1.82, 2.24) is 9.36 Å². The zero-order valence-corrected chi connectivity index (χ0v) is 9.05. The van der Waals surface area contributed by atoms with Crippen LogP contribution >= 0.6 is 11.5 Å². The second-order valence-corrected chi connectivity index (χ2v) is 4.65. The van der Waals surface area contributed by atoms with Crippen LogP contribution in [0.5, 0.6) is 0 Å². The van der Waals surface area contributed by atoms with Gasteiger partial charge in [0.2, 0.25) is 0 Å². The molecule has 2 aromatic rings. The predicted molar refractivity (Wildman–Crippen MR) is 63.1 cm³/mol. The highest BCUT2D eigenvalue weighted by Crippen LogP contribution is 2.31. The van der Waals surface area contributed by atoms with Gasteiger partial charge in [-0.1, -0.05) is 0 Å². The molecule has 0 saturated heterocycles. The van der Waals surface area contributed by atoms with Crippen molar-refractivity contribution in [2.45, 2.75) is 25.3 Å². The lowest BCUT2D eigenvalue weighted by molar-refractivity contribution is 0.445. The summed E-state index contributed by atoms with van der Waals surface area (Å²) in [5.74, 6) is 0.895. The van der Waals surface area contributed by atoms with Crippen LogP contribution in [0, 0.1) is 0 Å². The predicted octanol–water partition coefficient (Wildman–Crippen LogP) is 2.24. The Hall–Kier alpha value is -1.36. The summed E-state index contributed by atoms with van der Waals surface area (Å²) in [4.78, 5) is 4.32. The highest BCUT2D eigenvalue weighted by Gasteiger charge is 2.19. The van der Waals surface area contributed by atoms with Crippen LogP contribution in [0.1, 0.15) is 19.3 Å². The van der Waals surface area contributed by atoms with Gasteiger partial charge in [0.05, 0.1) is 10.4 Å². The molecule has 3 rings (SSSR count). The molecule has 0 unspecified atom stereocenters. The van der Waals surface area contributed by atoms with Gasteiger partial charge >= 0.3 is 0 Å². The zero-order valence-electron chi connectivity index (χ0n) is 8.23. The first-order valence-corrected chi connectivity index (χ1v) is 5.88. The van der Waals surface area contributed by atoms with Gasteiger partial charge in [0.1, 0.15) is 5.52 Å². The number of rotatable bonds is 2. The van der Waals surface area contributed by atoms with Gasteiger partial charge in [0.25, 0.3) is 0 Å². The van der Waals surface area contributed by atoms with E-state index in [0.717, 1.165) is 21.7 Å². The third-order valence-corrected chi connectivity index (χ3v) is 3.72. The first-order valence-electron chi connectivity index (χ1n) is 5.11. The molecule has 0 spiro atoms. The van der Waals surface area contributed by atoms with Crippen LogP contribution in [-0.2, 0) is 0 Å². The highest BCUT2D eigenvalue weighted by molar-refractivity contribution is 7.14. The number of aromatic nitrogens is 2. The van der Waals surface area contributed by atoms with Crippen molar-refractivity contribution in [1.29, 1.82) is 0 Å². The number of anilines is 2. The molecule has 0 aliphatic heterocycles. The molecule has 1 aliphatic carbocycles. The SMILES string of the molecule is Nc1ccnc2c(NC3CCC3)nsc12. The van der Waals surface area contributed by atoms with E-state index in [-0.39, 0.29) is 0 Å². The number of hydrogen-bond donors (Lipinski definition) is 2. The minimum atomic E-state index is 0.582. The van der Waals surface area contributed by atoms with E-state index in [2.05, 4.69) is 14.7 Å². The van der Waals surface area contributed by atoms with Crippen LogP contribution in [0.3, 0.4) is 0 Å². The van der Waals surface area contributed by atoms with Crippen molar-refractivity contribution >= 4 is 33.3 Å². The maximum absolute atomic E-state index is 5.85. The molecule has 2 heterocycles. The van der Waals surface area contributed by atoms with Gasteiger partial charge in [0.15, 0.2) is 5.82 Å². The van der Waals surface area contributed by atoms with E-state index in [1.807, 2.05) is 6.07 Å². The van der Waals surface area contributed by atoms with Gasteiger partial charge in [-0.05, 0) is 36.9 Å². The van der Waals surface area contributed by atoms with Gasteiger partial charge < -0.3 is 11.1 Å². The zero-order chi connectivity index (χ0) is 10.3. The Morgan fingerprint density at radius 2 is 2.33 bits per heavy atom. The Labute approximate surface area is 91.7 Å². The van der Waals surface area contributed by atoms with Crippen LogP contribution in [0.2, 0.25) is 0 Å². The Kier molecular flexibility index (Phi) is 1.98. The van der Waals surface area contributed by atoms with Crippen molar-refractivity contribution in [3.05, 3.63) is 12.3 Å². The summed E-state index contributed by atoms with van der Waals surface area (Å²) in [6.07, 6.45) is 5.52. The van der Waals surface area contributed by atoms with Crippen LogP contribution in [-0.4, -0.2) is 15.4 Å². The normalized spacial score (nSPS) is 16.5. The molecule has 0 atom stereocenters. The largest absolute Gasteiger partial charge is 0.397 e. The molecule has 0 bridgehead atoms. The van der Waals surface area contributed by atoms with Crippen LogP contribution in [0.4, 0.5) is 11.5 Å². The molecule has 3 N–H and O–H groups in total. The first kappa shape index (κ1) is 8.91. The standard InChI is InChI=1S/C10H12N4S/c11-7-4-5-12-8-9(7)15-14-10(8)13-6-2-1-3-6/h4-6H,1-3H2,(H2,11,12)(H,13,14). The topological polar surface area (TPSA) is 63.8 Å². The summed E-state index contributed by atoms with van der Waals surface area (Å²) < 4.78 is 5.35. The number of fused-ring (bicyclic) bond motifs is 1. The van der Waals surface area contributed by atoms with E-state index in [1.54, 1.807) is 6.20 Å². The van der Waals surface area contributed by atoms with Gasteiger partial charge in [-0.3, -0.25) is 4.98 Å². The number of nitrogens with zero attached hydrogens (tertiary/aromatic N) is 2. The van der Waals surface area contributed by atoms with E-state index < -0.39 is 0 Å². The molecule has 15 heavy (non-hydrogen) atoms. The minimum absolute atomic E-state index is 0.582. The van der Waals surface area contributed by atoms with E-state index in [1.165, 1.54) is 30.8 Å². The third kappa shape index (κ3) is 1.43. The summed E-state index contributed by atoms with van der Waals surface area (Å²) in [7, 11) is 0. The number of hydrogen-bond acceptors (Lipinski definition) is 5. The molecular formula is C10H12N4S. The lowest BCUT2D eigenvalue weighted by Gasteiger charge is -2.26. The number of pyridine rings is 1. The molecule has 0 aromatic carbocycles. The molecule has 4 nitrogen and oxygen atoms in total. The lowest BCUT2D eigenvalue weighted by atomic mass is 9.93. The number of nitrogen functional groups attached to an aromatic ring is 1. The molecule has 1 aliphatic rings. The van der Waals surface area contributed by atoms with Crippen molar-refractivity contribution in [3.63, 3.8) is 0 Å². The van der Waals surface area contributed by atoms with Crippen LogP contribution in [0.15, 0.2) is 12.3 Å². The molecule has 5 heteroatoms. The third-order valence-electron chi connectivity index (χ3n) is 2.83. The van der Waals surface area contributed by atoms with Crippen LogP contribution < -0.4 is 11.1 Å². The molecule has 1 fully saturated rings. The summed E-state index contributed by atoms with van der Waals surface area (Å²) in [5, 5.41) is 3.41. The van der Waals surface area contributed by atoms with E-state index in [9.17, 15) is 0 Å². The summed E-state index contributed by atoms with van der Waals surface area (Å²) in [6, 6.07) is 2.40. The summed E-state index contributed by atoms with van der Waals surface area (Å²) >= 11 is 1.42. The second kappa shape index (κ2) is 3.34. The fraction of sp³-hybridized carbons (Fsp3) is 0.400.